The number of carboxylic acid groups (broad SMARTS) is 1. The molecule has 0 saturated heterocycles. The van der Waals surface area contributed by atoms with E-state index in [-0.39, 0.29) is 239 Å². The average Bonchev–Trinajstić information content (AvgIpc) is 0.798. The van der Waals surface area contributed by atoms with Crippen LogP contribution in [-0.4, -0.2) is 273 Å². The van der Waals surface area contributed by atoms with Gasteiger partial charge < -0.3 is 152 Å². The van der Waals surface area contributed by atoms with Crippen LogP contribution in [0.4, 0.5) is 0 Å². The molecular formula is C60H114N8O37S4Si8. The van der Waals surface area contributed by atoms with Crippen molar-refractivity contribution in [2.45, 2.75) is 173 Å². The van der Waals surface area contributed by atoms with Crippen LogP contribution in [0.5, 0.6) is 23.0 Å². The lowest BCUT2D eigenvalue weighted by Crippen LogP contribution is -2.64. The second-order valence-electron chi connectivity index (χ2n) is 26.7. The highest BCUT2D eigenvalue weighted by Gasteiger charge is 2.59. The Balaban J connectivity index is 0.000000659. The number of carboxylic acids is 1. The molecule has 0 aliphatic carbocycles. The van der Waals surface area contributed by atoms with Gasteiger partial charge in [-0.3, -0.25) is 23.0 Å². The van der Waals surface area contributed by atoms with Crippen LogP contribution in [0.25, 0.3) is 0 Å². The van der Waals surface area contributed by atoms with Crippen LogP contribution < -0.4 is 54.9 Å². The quantitative estimate of drug-likeness (QED) is 0.0114. The number of nitrogens with two attached hydrogens (primary N) is 7. The van der Waals surface area contributed by atoms with Crippen molar-refractivity contribution in [3.63, 3.8) is 0 Å². The van der Waals surface area contributed by atoms with E-state index >= 15 is 0 Å². The number of nitrogens with one attached hydrogen (secondary N) is 1. The van der Waals surface area contributed by atoms with Crippen LogP contribution >= 0.6 is 0 Å². The smallest absolute Gasteiger partial charge is 0.488 e. The number of ether oxygens (including phenoxy) is 2. The van der Waals surface area contributed by atoms with Crippen LogP contribution in [0.3, 0.4) is 0 Å². The summed E-state index contributed by atoms with van der Waals surface area (Å²) in [4.78, 5) is 149. The second-order valence-corrected chi connectivity index (χ2v) is 52.9. The summed E-state index contributed by atoms with van der Waals surface area (Å²) in [6, 6.07) is 6.10. The SMILES string of the molecule is CCc1cc(S(=O)(=O)O)cc(Cc2cc(S(=O)(=O)O)cc(C)c2O)c1OCC(=O)NCCC[Si](O)(O[Si](O)(O)CCCN)O[Si](O)(CCCN)O[Si](O)(O)CCCN.CCc1cc(S(=O)(=O)O)cc(Cc2cc(S(=O)(=O)O)cc(C)c2O)c1OCC(=O)O.NCCC[Si](O)(O)O[Si](O)(CCCN)O[Si](O)(CCCN)O[Si](O)(O)CCCN. The van der Waals surface area contributed by atoms with E-state index in [2.05, 4.69) is 5.32 Å². The third kappa shape index (κ3) is 39.2. The van der Waals surface area contributed by atoms with Crippen molar-refractivity contribution >= 4 is 123 Å². The molecule has 0 aromatic heterocycles. The van der Waals surface area contributed by atoms with Gasteiger partial charge in [-0.1, -0.05) is 13.8 Å². The van der Waals surface area contributed by atoms with Crippen molar-refractivity contribution in [1.82, 2.24) is 5.32 Å². The number of phenols is 2. The molecule has 1 amide bonds. The zero-order valence-corrected chi connectivity index (χ0v) is 76.1. The Morgan fingerprint density at radius 3 is 0.855 bits per heavy atom. The van der Waals surface area contributed by atoms with Crippen molar-refractivity contribution in [3.05, 3.63) is 93.0 Å². The maximum Gasteiger partial charge on any atom is 0.488 e. The topological polar surface area (TPSA) is 823 Å². The van der Waals surface area contributed by atoms with Gasteiger partial charge >= 0.3 is 76.4 Å². The van der Waals surface area contributed by atoms with E-state index in [1.165, 1.54) is 13.8 Å². The molecule has 4 unspecified atom stereocenters. The fourth-order valence-electron chi connectivity index (χ4n) is 10.9. The summed E-state index contributed by atoms with van der Waals surface area (Å²) < 4.78 is 176. The number of carbonyl (C=O) groups is 2. The van der Waals surface area contributed by atoms with Crippen molar-refractivity contribution in [2.75, 3.05) is 65.6 Å². The van der Waals surface area contributed by atoms with E-state index in [4.69, 9.17) is 79.4 Å². The molecule has 117 heavy (non-hydrogen) atoms. The van der Waals surface area contributed by atoms with Gasteiger partial charge in [0.2, 0.25) is 0 Å². The average molecular weight is 1890 g/mol. The summed E-state index contributed by atoms with van der Waals surface area (Å²) in [6.07, 6.45) is 0.683. The lowest BCUT2D eigenvalue weighted by molar-refractivity contribution is -0.139. The van der Waals surface area contributed by atoms with E-state index in [0.717, 1.165) is 48.5 Å². The number of aliphatic carboxylic acids is 1. The minimum atomic E-state index is -4.88. The number of aromatic hydroxyl groups is 2. The molecule has 0 aliphatic rings. The van der Waals surface area contributed by atoms with Gasteiger partial charge in [-0.05, 0) is 195 Å². The lowest BCUT2D eigenvalue weighted by atomic mass is 9.98. The predicted octanol–water partition coefficient (Wildman–Crippen LogP) is -4.01. The standard InChI is InChI=1S/C30H56N4O18S2Si4.C18H20O10S2.C12H38N4O9Si4/c1-3-23-18-27(54(40,41)42)20-25(17-24-19-26(53(37,38)39)16-22(2)29(24)36)30(23)49-21-28(35)34-11-7-15-58(48,51-56(45,46)13-5-9-32)52-57(47,14-6-10-33)50-55(43,44)12-4-8-31;1-3-11-6-15(30(25,26)27)8-13(18(11)28-9-16(19)20)5-12-7-14(29(22,23)24)4-10(2)17(12)21;13-5-1-9-26(17,18)23-28(21,11-3-7-15)25-29(22,12-4-8-16)24-27(19,20)10-2-6-14/h16,18-20,36,43-48H,3-15,17,21,31-33H2,1-2H3,(H,34,35)(H,37,38,39)(H,40,41,42);4,6-8,21H,3,5,9H2,1-2H3,(H,19,20)(H,22,23,24)(H,25,26,27);17-22H,1-16H2. The van der Waals surface area contributed by atoms with Crippen LogP contribution in [0.15, 0.2) is 68.1 Å². The summed E-state index contributed by atoms with van der Waals surface area (Å²) in [7, 11) is -55.2. The van der Waals surface area contributed by atoms with Gasteiger partial charge in [0.1, 0.15) is 23.0 Å². The molecule has 0 fully saturated rings. The molecule has 0 bridgehead atoms. The van der Waals surface area contributed by atoms with Crippen LogP contribution in [0.2, 0.25) is 48.4 Å². The molecule has 0 heterocycles. The predicted molar refractivity (Wildman–Crippen MR) is 432 cm³/mol. The maximum absolute atomic E-state index is 13.0. The summed E-state index contributed by atoms with van der Waals surface area (Å²) in [5, 5.41) is 32.5. The molecule has 45 nitrogen and oxygen atoms in total. The molecule has 0 saturated carbocycles. The first-order chi connectivity index (χ1) is 53.8. The molecule has 4 atom stereocenters. The van der Waals surface area contributed by atoms with Gasteiger partial charge in [-0.15, -0.1) is 0 Å². The fourth-order valence-corrected chi connectivity index (χ4v) is 37.8. The minimum Gasteiger partial charge on any atom is -0.507 e. The number of carbonyl (C=O) groups excluding carboxylic acids is 1. The number of aryl methyl sites for hydroxylation is 4. The fraction of sp³-hybridized carbons (Fsp3) is 0.567. The molecule has 4 aromatic carbocycles. The van der Waals surface area contributed by atoms with Crippen molar-refractivity contribution in [2.24, 2.45) is 40.1 Å². The Kier molecular flexibility index (Phi) is 44.4. The van der Waals surface area contributed by atoms with E-state index in [1.54, 1.807) is 13.8 Å². The maximum atomic E-state index is 13.0. The van der Waals surface area contributed by atoms with Gasteiger partial charge in [-0.25, -0.2) is 4.79 Å². The zero-order chi connectivity index (χ0) is 89.6. The Morgan fingerprint density at radius 2 is 0.598 bits per heavy atom. The summed E-state index contributed by atoms with van der Waals surface area (Å²) in [6.45, 7) is 5.20. The van der Waals surface area contributed by atoms with Gasteiger partial charge in [0.15, 0.2) is 13.2 Å². The highest BCUT2D eigenvalue weighted by atomic mass is 32.2. The number of amides is 1. The van der Waals surface area contributed by atoms with Gasteiger partial charge in [0, 0.05) is 90.0 Å². The first-order valence-electron chi connectivity index (χ1n) is 36.2. The van der Waals surface area contributed by atoms with Gasteiger partial charge in [0.25, 0.3) is 46.4 Å². The Bertz CT molecular complexity index is 4320. The molecule has 0 aliphatic heterocycles. The summed E-state index contributed by atoms with van der Waals surface area (Å²) in [5.74, 6) is -2.72. The normalized spacial score (nSPS) is 14.7. The highest BCUT2D eigenvalue weighted by molar-refractivity contribution is 7.86. The number of hydrogen-bond acceptors (Lipinski definition) is 39. The van der Waals surface area contributed by atoms with E-state index < -0.39 is 162 Å². The van der Waals surface area contributed by atoms with Crippen molar-refractivity contribution in [1.29, 1.82) is 0 Å². The van der Waals surface area contributed by atoms with Crippen LogP contribution in [-0.2, 0) is 100 Å². The van der Waals surface area contributed by atoms with E-state index in [9.17, 15) is 129 Å². The van der Waals surface area contributed by atoms with Crippen LogP contribution in [0, 0.1) is 13.8 Å². The largest absolute Gasteiger partial charge is 0.507 e. The number of hydrogen-bond donors (Lipinski definition) is 27. The third-order valence-electron chi connectivity index (χ3n) is 16.4. The first-order valence-corrected chi connectivity index (χ1v) is 57.9. The minimum absolute atomic E-state index is 0.00959. The zero-order valence-electron chi connectivity index (χ0n) is 64.9. The van der Waals surface area contributed by atoms with Crippen molar-refractivity contribution in [3.8, 4) is 23.0 Å². The monoisotopic (exact) mass is 1890 g/mol. The molecule has 672 valence electrons. The first kappa shape index (κ1) is 108. The lowest BCUT2D eigenvalue weighted by Gasteiger charge is -2.37. The summed E-state index contributed by atoms with van der Waals surface area (Å²) in [5.41, 5.74) is 38.9. The number of benzene rings is 4. The Labute approximate surface area is 686 Å². The number of phenolic OH excluding ortho intramolecular Hbond substituents is 2. The van der Waals surface area contributed by atoms with E-state index in [1.807, 2.05) is 0 Å². The highest BCUT2D eigenvalue weighted by Crippen LogP contribution is 2.38. The van der Waals surface area contributed by atoms with Gasteiger partial charge in [-0.2, -0.15) is 33.7 Å². The Morgan fingerprint density at radius 1 is 0.359 bits per heavy atom. The molecule has 0 spiro atoms. The molecule has 57 heteroatoms. The molecule has 34 N–H and O–H groups in total. The third-order valence-corrected chi connectivity index (χ3v) is 43.1. The van der Waals surface area contributed by atoms with Crippen LogP contribution in [0.1, 0.15) is 110 Å². The molecular weight excluding hydrogens is 1780 g/mol. The van der Waals surface area contributed by atoms with Gasteiger partial charge in [0.05, 0.1) is 19.6 Å². The molecule has 0 radical (unpaired) electrons. The molecule has 4 rings (SSSR count). The summed E-state index contributed by atoms with van der Waals surface area (Å²) >= 11 is 0. The van der Waals surface area contributed by atoms with E-state index in [0.29, 0.717) is 0 Å². The Hall–Kier alpha value is -4.60. The number of rotatable bonds is 53. The molecule has 4 aromatic rings. The van der Waals surface area contributed by atoms with Crippen molar-refractivity contribution < 1.29 is 169 Å². The second kappa shape index (κ2) is 47.9.